The van der Waals surface area contributed by atoms with Crippen molar-refractivity contribution >= 4 is 29.2 Å². The van der Waals surface area contributed by atoms with Gasteiger partial charge in [-0.3, -0.25) is 14.2 Å². The summed E-state index contributed by atoms with van der Waals surface area (Å²) in [6.07, 6.45) is -15.0. The van der Waals surface area contributed by atoms with E-state index in [1.165, 1.54) is 0 Å². The second-order valence-electron chi connectivity index (χ2n) is 13.5. The summed E-state index contributed by atoms with van der Waals surface area (Å²) in [5, 5.41) is 60.5. The van der Waals surface area contributed by atoms with Crippen LogP contribution in [0.15, 0.2) is 59.8 Å². The minimum Gasteiger partial charge on any atom is -0.393 e. The zero-order chi connectivity index (χ0) is 45.2. The number of carbonyl (C=O) groups is 2. The van der Waals surface area contributed by atoms with Crippen molar-refractivity contribution in [3.63, 3.8) is 0 Å². The molecule has 0 unspecified atom stereocenters. The lowest BCUT2D eigenvalue weighted by Crippen LogP contribution is -2.47. The number of amides is 2. The van der Waals surface area contributed by atoms with Crippen LogP contribution in [0.5, 0.6) is 0 Å². The monoisotopic (exact) mass is 915 g/mol. The number of nitrogens with one attached hydrogen (secondary N) is 2. The van der Waals surface area contributed by atoms with Crippen molar-refractivity contribution in [1.82, 2.24) is 30.0 Å². The molecule has 5 aliphatic heterocycles. The third kappa shape index (κ3) is 9.35. The van der Waals surface area contributed by atoms with E-state index in [0.717, 1.165) is 9.80 Å². The number of anilines is 1. The van der Waals surface area contributed by atoms with Crippen molar-refractivity contribution in [2.75, 3.05) is 44.8 Å². The number of alkyl halides is 6. The third-order valence-electron chi connectivity index (χ3n) is 9.72. The van der Waals surface area contributed by atoms with Crippen LogP contribution in [0, 0.1) is 5.82 Å². The van der Waals surface area contributed by atoms with Gasteiger partial charge in [-0.15, -0.1) is 11.6 Å². The van der Waals surface area contributed by atoms with E-state index in [0.29, 0.717) is 23.2 Å². The second-order valence-corrected chi connectivity index (χ2v) is 13.8. The van der Waals surface area contributed by atoms with Gasteiger partial charge >= 0.3 is 5.69 Å². The van der Waals surface area contributed by atoms with Gasteiger partial charge in [0, 0.05) is 12.4 Å². The molecule has 12 atom stereocenters. The van der Waals surface area contributed by atoms with Crippen molar-refractivity contribution in [3.8, 4) is 0 Å². The second kappa shape index (κ2) is 19.7. The van der Waals surface area contributed by atoms with Gasteiger partial charge in [0.05, 0.1) is 31.9 Å². The first-order chi connectivity index (χ1) is 28.1. The molecule has 10 N–H and O–H groups in total. The molecule has 6 heterocycles. The largest absolute Gasteiger partial charge is 0.393 e. The molecule has 0 aromatic carbocycles. The van der Waals surface area contributed by atoms with Crippen LogP contribution in [-0.2, 0) is 23.8 Å². The van der Waals surface area contributed by atoms with Crippen LogP contribution >= 0.6 is 11.6 Å². The van der Waals surface area contributed by atoms with Gasteiger partial charge in [-0.2, -0.15) is 13.8 Å². The lowest BCUT2D eigenvalue weighted by Gasteiger charge is -2.33. The molecule has 1 aromatic heterocycles. The van der Waals surface area contributed by atoms with E-state index in [9.17, 15) is 69.9 Å². The van der Waals surface area contributed by atoms with Crippen molar-refractivity contribution in [2.24, 2.45) is 0 Å². The lowest BCUT2D eigenvalue weighted by atomic mass is 9.98. The molecule has 0 spiro atoms. The zero-order valence-corrected chi connectivity index (χ0v) is 31.2. The van der Waals surface area contributed by atoms with Crippen LogP contribution in [0.1, 0.15) is 13.7 Å². The molecule has 0 radical (unpaired) electrons. The highest BCUT2D eigenvalue weighted by atomic mass is 35.5. The minimum absolute atomic E-state index is 0. The van der Waals surface area contributed by atoms with E-state index >= 15 is 0 Å². The van der Waals surface area contributed by atoms with E-state index in [4.69, 9.17) is 41.8 Å². The van der Waals surface area contributed by atoms with Crippen LogP contribution in [0.2, 0.25) is 0 Å². The summed E-state index contributed by atoms with van der Waals surface area (Å²) >= 11 is 5.61. The van der Waals surface area contributed by atoms with E-state index in [1.807, 2.05) is 5.32 Å². The highest BCUT2D eigenvalue weighted by Gasteiger charge is 2.59. The number of aromatic nitrogens is 2. The van der Waals surface area contributed by atoms with E-state index in [2.05, 4.69) is 23.5 Å². The SMILES string of the molecule is C.C=C1NC(=O)C(F)=CN1[C@@H]1O[C@@](CO)(CCl)[C@@H](O)[C@H]1F.C=C1NC(=O)C(F)=CN1[C@@H]1O[C@@](CO)(CF)[C@@H](O)[C@H]1F.Nc1nc(=O)n([C@@H]2O[C@@](CO)(CF)[C@@H](O)[C@H]2F)cc1F. The number of rotatable bonds is 9. The van der Waals surface area contributed by atoms with Crippen LogP contribution < -0.4 is 22.1 Å². The van der Waals surface area contributed by atoms with Crippen LogP contribution in [-0.4, -0.2) is 167 Å². The summed E-state index contributed by atoms with van der Waals surface area (Å²) in [4.78, 5) is 38.4. The molecule has 0 aliphatic carbocycles. The zero-order valence-electron chi connectivity index (χ0n) is 30.5. The van der Waals surface area contributed by atoms with Gasteiger partial charge in [0.25, 0.3) is 11.8 Å². The van der Waals surface area contributed by atoms with Crippen LogP contribution in [0.3, 0.4) is 0 Å². The van der Waals surface area contributed by atoms with Crippen molar-refractivity contribution < 1.29 is 89.6 Å². The fraction of sp³-hybridized carbons (Fsp3) is 0.576. The first-order valence-corrected chi connectivity index (χ1v) is 17.5. The molecule has 0 saturated carbocycles. The number of aliphatic hydroxyl groups excluding tert-OH is 6. The topological polar surface area (TPSA) is 275 Å². The Kier molecular flexibility index (Phi) is 16.5. The summed E-state index contributed by atoms with van der Waals surface area (Å²) in [5.41, 5.74) is -2.09. The Morgan fingerprint density at radius 3 is 1.44 bits per heavy atom. The van der Waals surface area contributed by atoms with Crippen molar-refractivity contribution in [3.05, 3.63) is 71.4 Å². The standard InChI is InChI=1S/C11H13ClF2N2O4.C11H13F3N2O4.C10H12F3N3O4.CH4/c2*1-5-15-9(19)6(13)2-16(5)10-7(14)8(18)11(3-12,4-17)20-10;11-2-10(3-17)6(18)5(13)8(20-10)16-1-4(12)7(14)15-9(16)19;/h2*2,7-8,10,17-18H,1,3-4H2,(H,15,19);1,5-6,8,17-18H,2-3H2,(H2,14,15,19);1H4/t2*7-,8+,10-,11-;5-,6+,8-,10-;/m111./s1. The van der Waals surface area contributed by atoms with Gasteiger partial charge in [0.15, 0.2) is 60.0 Å². The summed E-state index contributed by atoms with van der Waals surface area (Å²) in [5.74, 6) is -6.88. The quantitative estimate of drug-likeness (QED) is 0.103. The number of aliphatic hydroxyl groups is 6. The molecule has 61 heavy (non-hydrogen) atoms. The molecule has 2 amide bonds. The molecule has 344 valence electrons. The summed E-state index contributed by atoms with van der Waals surface area (Å²) in [6.45, 7) is 1.42. The van der Waals surface area contributed by atoms with Gasteiger partial charge in [-0.25, -0.2) is 31.1 Å². The predicted octanol–water partition coefficient (Wildman–Crippen LogP) is -1.29. The third-order valence-corrected chi connectivity index (χ3v) is 10.2. The fourth-order valence-corrected chi connectivity index (χ4v) is 6.37. The van der Waals surface area contributed by atoms with Gasteiger partial charge in [0.2, 0.25) is 11.7 Å². The maximum Gasteiger partial charge on any atom is 0.351 e. The molecule has 1 aromatic rings. The molecular weight excluding hydrogens is 874 g/mol. The molecule has 28 heteroatoms. The number of nitrogens with two attached hydrogens (primary N) is 1. The van der Waals surface area contributed by atoms with Gasteiger partial charge < -0.3 is 71.0 Å². The Balaban J connectivity index is 0.000000242. The maximum atomic E-state index is 14.1. The molecule has 19 nitrogen and oxygen atoms in total. The highest BCUT2D eigenvalue weighted by molar-refractivity contribution is 6.18. The average molecular weight is 916 g/mol. The molecule has 0 bridgehead atoms. The first-order valence-electron chi connectivity index (χ1n) is 16.9. The smallest absolute Gasteiger partial charge is 0.351 e. The number of hydrogen-bond acceptors (Lipinski definition) is 16. The Bertz CT molecular complexity index is 1840. The maximum absolute atomic E-state index is 14.1. The lowest BCUT2D eigenvalue weighted by molar-refractivity contribution is -0.145. The highest BCUT2D eigenvalue weighted by Crippen LogP contribution is 2.40. The summed E-state index contributed by atoms with van der Waals surface area (Å²) in [7, 11) is 0. The number of carbonyl (C=O) groups excluding carboxylic acids is 2. The summed E-state index contributed by atoms with van der Waals surface area (Å²) in [6, 6.07) is 0. The predicted molar refractivity (Wildman–Crippen MR) is 191 cm³/mol. The molecule has 3 saturated heterocycles. The Morgan fingerprint density at radius 1 is 0.738 bits per heavy atom. The van der Waals surface area contributed by atoms with E-state index in [-0.39, 0.29) is 24.9 Å². The van der Waals surface area contributed by atoms with Crippen LogP contribution in [0.4, 0.5) is 40.9 Å². The van der Waals surface area contributed by atoms with Crippen LogP contribution in [0.25, 0.3) is 0 Å². The Hall–Kier alpha value is -4.45. The molecular formula is C33H42ClF8N7O12. The molecule has 6 rings (SSSR count). The van der Waals surface area contributed by atoms with Crippen molar-refractivity contribution in [2.45, 2.75) is 79.7 Å². The molecule has 5 aliphatic rings. The number of nitrogens with zero attached hydrogens (tertiary/aromatic N) is 4. The fourth-order valence-electron chi connectivity index (χ4n) is 6.07. The average Bonchev–Trinajstić information content (AvgIpc) is 3.75. The number of hydrogen-bond donors (Lipinski definition) is 9. The Labute approximate surface area is 344 Å². The summed E-state index contributed by atoms with van der Waals surface area (Å²) < 4.78 is 123. The van der Waals surface area contributed by atoms with E-state index < -0.39 is 146 Å². The minimum atomic E-state index is -2.25. The number of ether oxygens (including phenoxy) is 3. The molecule has 3 fully saturated rings. The normalized spacial score (nSPS) is 35.9. The first kappa shape index (κ1) is 50.9. The van der Waals surface area contributed by atoms with Gasteiger partial charge in [0.1, 0.15) is 48.9 Å². The van der Waals surface area contributed by atoms with Gasteiger partial charge in [-0.05, 0) is 0 Å². The van der Waals surface area contributed by atoms with E-state index in [1.54, 1.807) is 0 Å². The number of halogens is 9. The number of nitrogen functional groups attached to an aromatic ring is 1. The van der Waals surface area contributed by atoms with Crippen molar-refractivity contribution in [1.29, 1.82) is 0 Å². The Morgan fingerprint density at radius 2 is 1.10 bits per heavy atom. The van der Waals surface area contributed by atoms with Gasteiger partial charge in [-0.1, -0.05) is 20.6 Å².